The molecule has 2 heterocycles. The SMILES string of the molecule is O=C(Cc1csc(Cc2ccccc2)n1)C(=O)c1ncn[nH]1. The van der Waals surface area contributed by atoms with Crippen molar-refractivity contribution in [2.24, 2.45) is 0 Å². The van der Waals surface area contributed by atoms with Crippen LogP contribution in [0.5, 0.6) is 0 Å². The van der Waals surface area contributed by atoms with E-state index in [1.165, 1.54) is 17.7 Å². The molecule has 110 valence electrons. The molecule has 7 heteroatoms. The summed E-state index contributed by atoms with van der Waals surface area (Å²) < 4.78 is 0. The van der Waals surface area contributed by atoms with E-state index in [2.05, 4.69) is 20.2 Å². The Balaban J connectivity index is 1.64. The lowest BCUT2D eigenvalue weighted by Gasteiger charge is -1.97. The number of carbonyl (C=O) groups is 2. The lowest BCUT2D eigenvalue weighted by Crippen LogP contribution is -2.18. The molecular formula is C15H12N4O2S. The molecule has 0 aliphatic rings. The third-order valence-electron chi connectivity index (χ3n) is 3.02. The molecular weight excluding hydrogens is 300 g/mol. The average Bonchev–Trinajstić information content (AvgIpc) is 3.19. The van der Waals surface area contributed by atoms with Gasteiger partial charge in [-0.25, -0.2) is 9.97 Å². The molecule has 2 aromatic heterocycles. The third-order valence-corrected chi connectivity index (χ3v) is 3.92. The molecule has 0 saturated heterocycles. The molecule has 0 fully saturated rings. The zero-order valence-electron chi connectivity index (χ0n) is 11.5. The standard InChI is InChI=1S/C15H12N4O2S/c20-12(14(21)15-16-9-17-19-15)7-11-8-22-13(18-11)6-10-4-2-1-3-5-10/h1-5,8-9H,6-7H2,(H,16,17,19). The molecule has 0 aliphatic carbocycles. The van der Waals surface area contributed by atoms with E-state index < -0.39 is 11.6 Å². The number of aromatic nitrogens is 4. The van der Waals surface area contributed by atoms with Crippen LogP contribution in [-0.2, 0) is 17.6 Å². The molecule has 22 heavy (non-hydrogen) atoms. The van der Waals surface area contributed by atoms with Crippen molar-refractivity contribution >= 4 is 22.9 Å². The predicted molar refractivity (Wildman–Crippen MR) is 80.8 cm³/mol. The van der Waals surface area contributed by atoms with Crippen molar-refractivity contribution in [3.8, 4) is 0 Å². The number of nitrogens with zero attached hydrogens (tertiary/aromatic N) is 3. The first-order chi connectivity index (χ1) is 10.7. The summed E-state index contributed by atoms with van der Waals surface area (Å²) in [5.41, 5.74) is 1.77. The number of rotatable bonds is 6. The zero-order valence-corrected chi connectivity index (χ0v) is 12.3. The van der Waals surface area contributed by atoms with Gasteiger partial charge < -0.3 is 0 Å². The second-order valence-corrected chi connectivity index (χ2v) is 5.60. The van der Waals surface area contributed by atoms with Gasteiger partial charge in [0.15, 0.2) is 5.82 Å². The molecule has 0 radical (unpaired) electrons. The Morgan fingerprint density at radius 3 is 2.73 bits per heavy atom. The monoisotopic (exact) mass is 312 g/mol. The number of hydrogen-bond acceptors (Lipinski definition) is 6. The van der Waals surface area contributed by atoms with Crippen LogP contribution in [0.25, 0.3) is 0 Å². The largest absolute Gasteiger partial charge is 0.290 e. The Kier molecular flexibility index (Phi) is 4.15. The predicted octanol–water partition coefficient (Wildman–Crippen LogP) is 1.85. The Morgan fingerprint density at radius 2 is 2.00 bits per heavy atom. The van der Waals surface area contributed by atoms with Crippen molar-refractivity contribution in [2.75, 3.05) is 0 Å². The van der Waals surface area contributed by atoms with Crippen LogP contribution in [-0.4, -0.2) is 31.7 Å². The highest BCUT2D eigenvalue weighted by Gasteiger charge is 2.20. The van der Waals surface area contributed by atoms with Crippen LogP contribution in [0.3, 0.4) is 0 Å². The van der Waals surface area contributed by atoms with Crippen LogP contribution < -0.4 is 0 Å². The minimum atomic E-state index is -0.671. The number of aromatic amines is 1. The smallest absolute Gasteiger partial charge is 0.265 e. The fourth-order valence-electron chi connectivity index (χ4n) is 1.97. The van der Waals surface area contributed by atoms with Gasteiger partial charge in [0.25, 0.3) is 5.78 Å². The molecule has 0 saturated carbocycles. The van der Waals surface area contributed by atoms with Crippen molar-refractivity contribution in [1.29, 1.82) is 0 Å². The second kappa shape index (κ2) is 6.40. The van der Waals surface area contributed by atoms with Crippen molar-refractivity contribution < 1.29 is 9.59 Å². The number of benzene rings is 1. The summed E-state index contributed by atoms with van der Waals surface area (Å²) in [4.78, 5) is 31.8. The van der Waals surface area contributed by atoms with Crippen LogP contribution in [0.1, 0.15) is 26.9 Å². The summed E-state index contributed by atoms with van der Waals surface area (Å²) in [6, 6.07) is 9.97. The molecule has 3 aromatic rings. The first-order valence-electron chi connectivity index (χ1n) is 6.62. The van der Waals surface area contributed by atoms with Gasteiger partial charge in [-0.05, 0) is 5.56 Å². The molecule has 0 atom stereocenters. The third kappa shape index (κ3) is 3.32. The van der Waals surface area contributed by atoms with Crippen LogP contribution in [0.4, 0.5) is 0 Å². The van der Waals surface area contributed by atoms with Gasteiger partial charge in [-0.15, -0.1) is 11.3 Å². The molecule has 1 aromatic carbocycles. The van der Waals surface area contributed by atoms with E-state index in [-0.39, 0.29) is 12.2 Å². The maximum atomic E-state index is 11.9. The molecule has 0 unspecified atom stereocenters. The van der Waals surface area contributed by atoms with Crippen molar-refractivity contribution in [1.82, 2.24) is 20.2 Å². The van der Waals surface area contributed by atoms with E-state index in [0.717, 1.165) is 17.0 Å². The van der Waals surface area contributed by atoms with E-state index in [4.69, 9.17) is 0 Å². The quantitative estimate of drug-likeness (QED) is 0.554. The lowest BCUT2D eigenvalue weighted by atomic mass is 10.1. The highest BCUT2D eigenvalue weighted by Crippen LogP contribution is 2.15. The van der Waals surface area contributed by atoms with Gasteiger partial charge in [-0.1, -0.05) is 30.3 Å². The molecule has 0 bridgehead atoms. The van der Waals surface area contributed by atoms with Crippen LogP contribution in [0, 0.1) is 0 Å². The summed E-state index contributed by atoms with van der Waals surface area (Å²) in [6.07, 6.45) is 1.89. The maximum Gasteiger partial charge on any atom is 0.265 e. The molecule has 3 rings (SSSR count). The Hall–Kier alpha value is -2.67. The average molecular weight is 312 g/mol. The maximum absolute atomic E-state index is 11.9. The molecule has 0 aliphatic heterocycles. The first-order valence-corrected chi connectivity index (χ1v) is 7.50. The van der Waals surface area contributed by atoms with Gasteiger partial charge in [-0.3, -0.25) is 14.7 Å². The summed E-state index contributed by atoms with van der Waals surface area (Å²) in [6.45, 7) is 0. The van der Waals surface area contributed by atoms with E-state index in [9.17, 15) is 9.59 Å². The summed E-state index contributed by atoms with van der Waals surface area (Å²) >= 11 is 1.49. The lowest BCUT2D eigenvalue weighted by molar-refractivity contribution is -0.114. The van der Waals surface area contributed by atoms with E-state index in [1.54, 1.807) is 0 Å². The number of hydrogen-bond donors (Lipinski definition) is 1. The van der Waals surface area contributed by atoms with Gasteiger partial charge in [0.05, 0.1) is 17.1 Å². The van der Waals surface area contributed by atoms with Crippen LogP contribution >= 0.6 is 11.3 Å². The molecule has 0 amide bonds. The number of carbonyl (C=O) groups excluding carboxylic acids is 2. The summed E-state index contributed by atoms with van der Waals surface area (Å²) in [5, 5.41) is 8.68. The minimum Gasteiger partial charge on any atom is -0.290 e. The van der Waals surface area contributed by atoms with E-state index in [1.807, 2.05) is 35.7 Å². The van der Waals surface area contributed by atoms with E-state index in [0.29, 0.717) is 5.69 Å². The fourth-order valence-corrected chi connectivity index (χ4v) is 2.80. The summed E-state index contributed by atoms with van der Waals surface area (Å²) in [7, 11) is 0. The second-order valence-electron chi connectivity index (χ2n) is 4.66. The Morgan fingerprint density at radius 1 is 1.18 bits per heavy atom. The number of thiazole rings is 1. The Bertz CT molecular complexity index is 781. The van der Waals surface area contributed by atoms with Gasteiger partial charge in [0, 0.05) is 11.8 Å². The van der Waals surface area contributed by atoms with Gasteiger partial charge in [0.1, 0.15) is 6.33 Å². The molecule has 6 nitrogen and oxygen atoms in total. The van der Waals surface area contributed by atoms with Crippen molar-refractivity contribution in [2.45, 2.75) is 12.8 Å². The number of H-pyrrole nitrogens is 1. The van der Waals surface area contributed by atoms with Crippen LogP contribution in [0.15, 0.2) is 42.0 Å². The minimum absolute atomic E-state index is 0.0230. The fraction of sp³-hybridized carbons (Fsp3) is 0.133. The molecule has 1 N–H and O–H groups in total. The zero-order chi connectivity index (χ0) is 15.4. The molecule has 0 spiro atoms. The number of Topliss-reactive ketones (excluding diaryl/α,β-unsaturated/α-hetero) is 2. The highest BCUT2D eigenvalue weighted by atomic mass is 32.1. The Labute approximate surface area is 130 Å². The van der Waals surface area contributed by atoms with Gasteiger partial charge in [-0.2, -0.15) is 5.10 Å². The van der Waals surface area contributed by atoms with Crippen molar-refractivity contribution in [3.63, 3.8) is 0 Å². The number of nitrogens with one attached hydrogen (secondary N) is 1. The topological polar surface area (TPSA) is 88.6 Å². The van der Waals surface area contributed by atoms with Gasteiger partial charge in [0.2, 0.25) is 5.78 Å². The van der Waals surface area contributed by atoms with Crippen LogP contribution in [0.2, 0.25) is 0 Å². The normalized spacial score (nSPS) is 10.5. The van der Waals surface area contributed by atoms with E-state index >= 15 is 0 Å². The summed E-state index contributed by atoms with van der Waals surface area (Å²) in [5.74, 6) is -1.26. The number of ketones is 2. The van der Waals surface area contributed by atoms with Gasteiger partial charge >= 0.3 is 0 Å². The first kappa shape index (κ1) is 14.3. The van der Waals surface area contributed by atoms with Crippen molar-refractivity contribution in [3.05, 3.63) is 64.1 Å². The highest BCUT2D eigenvalue weighted by molar-refractivity contribution is 7.09.